The molecule has 2 N–H and O–H groups in total. The van der Waals surface area contributed by atoms with Gasteiger partial charge in [-0.15, -0.1) is 0 Å². The number of carbonyl (C=O) groups excluding carboxylic acids is 1. The zero-order valence-corrected chi connectivity index (χ0v) is 11.6. The normalized spacial score (nSPS) is 12.4. The molecule has 0 spiro atoms. The molecule has 1 amide bonds. The van der Waals surface area contributed by atoms with Gasteiger partial charge in [0.25, 0.3) is 5.91 Å². The van der Waals surface area contributed by atoms with Crippen molar-refractivity contribution in [3.8, 4) is 0 Å². The van der Waals surface area contributed by atoms with Crippen molar-refractivity contribution in [3.05, 3.63) is 35.9 Å². The minimum absolute atomic E-state index is 0.0142. The number of hydrogen-bond acceptors (Lipinski definition) is 3. The Morgan fingerprint density at radius 3 is 2.79 bits per heavy atom. The Kier molecular flexibility index (Phi) is 3.69. The minimum Gasteiger partial charge on any atom is -0.384 e. The van der Waals surface area contributed by atoms with Crippen molar-refractivity contribution in [3.63, 3.8) is 0 Å². The van der Waals surface area contributed by atoms with Crippen molar-refractivity contribution >= 4 is 22.6 Å². The largest absolute Gasteiger partial charge is 0.384 e. The van der Waals surface area contributed by atoms with E-state index in [0.717, 1.165) is 17.3 Å². The quantitative estimate of drug-likeness (QED) is 0.919. The summed E-state index contributed by atoms with van der Waals surface area (Å²) in [6.45, 7) is 4.10. The Hall–Kier alpha value is -2.10. The maximum Gasteiger partial charge on any atom is 0.254 e. The first-order valence-corrected chi connectivity index (χ1v) is 6.47. The molecule has 0 aliphatic heterocycles. The highest BCUT2D eigenvalue weighted by molar-refractivity contribution is 6.06. The summed E-state index contributed by atoms with van der Waals surface area (Å²) in [6, 6.07) is 9.41. The van der Waals surface area contributed by atoms with Gasteiger partial charge in [0.2, 0.25) is 0 Å². The van der Waals surface area contributed by atoms with Crippen LogP contribution in [0.15, 0.2) is 30.3 Å². The fourth-order valence-electron chi connectivity index (χ4n) is 2.04. The van der Waals surface area contributed by atoms with Gasteiger partial charge in [-0.1, -0.05) is 25.1 Å². The third-order valence-electron chi connectivity index (χ3n) is 3.54. The zero-order valence-electron chi connectivity index (χ0n) is 11.6. The van der Waals surface area contributed by atoms with E-state index in [1.165, 1.54) is 0 Å². The van der Waals surface area contributed by atoms with E-state index in [2.05, 4.69) is 11.9 Å². The van der Waals surface area contributed by atoms with Gasteiger partial charge in [-0.2, -0.15) is 0 Å². The molecule has 0 saturated heterocycles. The van der Waals surface area contributed by atoms with E-state index in [0.29, 0.717) is 11.4 Å². The fraction of sp³-hybridized carbons (Fsp3) is 0.333. The van der Waals surface area contributed by atoms with Gasteiger partial charge in [-0.3, -0.25) is 4.79 Å². The van der Waals surface area contributed by atoms with E-state index in [1.807, 2.05) is 38.2 Å². The van der Waals surface area contributed by atoms with Gasteiger partial charge in [0.15, 0.2) is 0 Å². The molecule has 0 aliphatic carbocycles. The first kappa shape index (κ1) is 13.3. The molecule has 2 rings (SSSR count). The smallest absolute Gasteiger partial charge is 0.254 e. The van der Waals surface area contributed by atoms with Gasteiger partial charge >= 0.3 is 0 Å². The number of fused-ring (bicyclic) bond motifs is 1. The second-order valence-electron chi connectivity index (χ2n) is 4.79. The van der Waals surface area contributed by atoms with Crippen LogP contribution >= 0.6 is 0 Å². The Bertz CT molecular complexity index is 609. The monoisotopic (exact) mass is 257 g/mol. The predicted octanol–water partition coefficient (Wildman–Crippen LogP) is 2.69. The number of para-hydroxylation sites is 1. The SMILES string of the molecule is CCC(C)N(C)C(=O)c1cc(N)nc2ccccc12. The molecule has 1 aromatic heterocycles. The van der Waals surface area contributed by atoms with Crippen molar-refractivity contribution in [2.24, 2.45) is 0 Å². The number of benzene rings is 1. The molecule has 0 fully saturated rings. The van der Waals surface area contributed by atoms with Crippen molar-refractivity contribution < 1.29 is 4.79 Å². The Labute approximate surface area is 113 Å². The summed E-state index contributed by atoms with van der Waals surface area (Å²) < 4.78 is 0. The standard InChI is InChI=1S/C15H19N3O/c1-4-10(2)18(3)15(19)12-9-14(16)17-13-8-6-5-7-11(12)13/h5-10H,4H2,1-3H3,(H2,16,17). The van der Waals surface area contributed by atoms with E-state index in [9.17, 15) is 4.79 Å². The first-order valence-electron chi connectivity index (χ1n) is 6.47. The van der Waals surface area contributed by atoms with Crippen LogP contribution in [0.25, 0.3) is 10.9 Å². The third-order valence-corrected chi connectivity index (χ3v) is 3.54. The second-order valence-corrected chi connectivity index (χ2v) is 4.79. The van der Waals surface area contributed by atoms with E-state index in [1.54, 1.807) is 11.0 Å². The van der Waals surface area contributed by atoms with E-state index in [4.69, 9.17) is 5.73 Å². The molecule has 0 bridgehead atoms. The number of nitrogen functional groups attached to an aromatic ring is 1. The van der Waals surface area contributed by atoms with Crippen LogP contribution < -0.4 is 5.73 Å². The van der Waals surface area contributed by atoms with E-state index < -0.39 is 0 Å². The van der Waals surface area contributed by atoms with Crippen LogP contribution in [0.3, 0.4) is 0 Å². The van der Waals surface area contributed by atoms with Crippen LogP contribution in [0.4, 0.5) is 5.82 Å². The summed E-state index contributed by atoms with van der Waals surface area (Å²) in [5.74, 6) is 0.360. The molecule has 100 valence electrons. The van der Waals surface area contributed by atoms with E-state index in [-0.39, 0.29) is 11.9 Å². The number of carbonyl (C=O) groups is 1. The van der Waals surface area contributed by atoms with Crippen molar-refractivity contribution in [2.45, 2.75) is 26.3 Å². The topological polar surface area (TPSA) is 59.2 Å². The summed E-state index contributed by atoms with van der Waals surface area (Å²) in [7, 11) is 1.82. The summed E-state index contributed by atoms with van der Waals surface area (Å²) in [4.78, 5) is 18.6. The highest BCUT2D eigenvalue weighted by Gasteiger charge is 2.19. The van der Waals surface area contributed by atoms with Crippen LogP contribution in [0.1, 0.15) is 30.6 Å². The number of aromatic nitrogens is 1. The van der Waals surface area contributed by atoms with E-state index >= 15 is 0 Å². The summed E-state index contributed by atoms with van der Waals surface area (Å²) in [5, 5.41) is 0.844. The molecule has 1 heterocycles. The molecule has 1 aromatic carbocycles. The molecular formula is C15H19N3O. The second kappa shape index (κ2) is 5.26. The van der Waals surface area contributed by atoms with Crippen molar-refractivity contribution in [2.75, 3.05) is 12.8 Å². The number of nitrogens with two attached hydrogens (primary N) is 1. The molecule has 4 heteroatoms. The van der Waals surface area contributed by atoms with Crippen LogP contribution in [0.5, 0.6) is 0 Å². The molecule has 0 radical (unpaired) electrons. The fourth-order valence-corrected chi connectivity index (χ4v) is 2.04. The van der Waals surface area contributed by atoms with Gasteiger partial charge in [-0.25, -0.2) is 4.98 Å². The summed E-state index contributed by atoms with van der Waals surface area (Å²) in [6.07, 6.45) is 0.917. The number of nitrogens with zero attached hydrogens (tertiary/aromatic N) is 2. The Balaban J connectivity index is 2.53. The van der Waals surface area contributed by atoms with Gasteiger partial charge in [0.1, 0.15) is 5.82 Å². The lowest BCUT2D eigenvalue weighted by molar-refractivity contribution is 0.0742. The number of anilines is 1. The molecule has 0 aliphatic rings. The maximum atomic E-state index is 12.6. The van der Waals surface area contributed by atoms with Crippen LogP contribution in [-0.2, 0) is 0 Å². The molecule has 1 unspecified atom stereocenters. The molecule has 2 aromatic rings. The number of amides is 1. The predicted molar refractivity (Wildman–Crippen MR) is 78.0 cm³/mol. The van der Waals surface area contributed by atoms with Crippen molar-refractivity contribution in [1.82, 2.24) is 9.88 Å². The molecular weight excluding hydrogens is 238 g/mol. The molecule has 19 heavy (non-hydrogen) atoms. The lowest BCUT2D eigenvalue weighted by atomic mass is 10.1. The lowest BCUT2D eigenvalue weighted by Crippen LogP contribution is -2.34. The maximum absolute atomic E-state index is 12.6. The van der Waals surface area contributed by atoms with Gasteiger partial charge < -0.3 is 10.6 Å². The minimum atomic E-state index is -0.0142. The third kappa shape index (κ3) is 2.52. The van der Waals surface area contributed by atoms with Gasteiger partial charge in [0, 0.05) is 18.5 Å². The average Bonchev–Trinajstić information content (AvgIpc) is 2.43. The van der Waals surface area contributed by atoms with Gasteiger partial charge in [0.05, 0.1) is 11.1 Å². The summed E-state index contributed by atoms with van der Waals surface area (Å²) in [5.41, 5.74) is 7.16. The number of hydrogen-bond donors (Lipinski definition) is 1. The highest BCUT2D eigenvalue weighted by Crippen LogP contribution is 2.21. The molecule has 4 nitrogen and oxygen atoms in total. The number of rotatable bonds is 3. The van der Waals surface area contributed by atoms with Crippen LogP contribution in [-0.4, -0.2) is 28.9 Å². The van der Waals surface area contributed by atoms with Crippen molar-refractivity contribution in [1.29, 1.82) is 0 Å². The highest BCUT2D eigenvalue weighted by atomic mass is 16.2. The van der Waals surface area contributed by atoms with Gasteiger partial charge in [-0.05, 0) is 25.5 Å². The number of pyridine rings is 1. The average molecular weight is 257 g/mol. The van der Waals surface area contributed by atoms with Crippen LogP contribution in [0, 0.1) is 0 Å². The summed E-state index contributed by atoms with van der Waals surface area (Å²) >= 11 is 0. The Morgan fingerprint density at radius 1 is 1.42 bits per heavy atom. The lowest BCUT2D eigenvalue weighted by Gasteiger charge is -2.24. The first-order chi connectivity index (χ1) is 9.04. The van der Waals surface area contributed by atoms with Crippen LogP contribution in [0.2, 0.25) is 0 Å². The molecule has 1 atom stereocenters. The Morgan fingerprint density at radius 2 is 2.11 bits per heavy atom. The molecule has 0 saturated carbocycles. The zero-order chi connectivity index (χ0) is 14.0.